The van der Waals surface area contributed by atoms with Gasteiger partial charge in [0.15, 0.2) is 0 Å². The number of hydrogen-bond acceptors (Lipinski definition) is 3. The molecule has 0 bridgehead atoms. The molecule has 3 heteroatoms. The van der Waals surface area contributed by atoms with Gasteiger partial charge in [0.05, 0.1) is 17.2 Å². The zero-order valence-electron chi connectivity index (χ0n) is 38.4. The highest BCUT2D eigenvalue weighted by Gasteiger charge is 2.52. The lowest BCUT2D eigenvalue weighted by molar-refractivity contribution is 0.572. The molecular formula is C63H53N3. The second-order valence-electron chi connectivity index (χ2n) is 18.5. The topological polar surface area (TPSA) is 37.3 Å². The fourth-order valence-corrected chi connectivity index (χ4v) is 11.6. The molecule has 11 rings (SSSR count). The van der Waals surface area contributed by atoms with Gasteiger partial charge in [0, 0.05) is 34.0 Å². The smallest absolute Gasteiger partial charge is 0.133 e. The van der Waals surface area contributed by atoms with E-state index in [1.54, 1.807) is 0 Å². The fraction of sp³-hybridized carbons (Fsp3) is 0.143. The van der Waals surface area contributed by atoms with Gasteiger partial charge in [0.2, 0.25) is 0 Å². The van der Waals surface area contributed by atoms with Crippen molar-refractivity contribution in [3.05, 3.63) is 262 Å². The molecule has 1 spiro atoms. The molecule has 1 aliphatic heterocycles. The van der Waals surface area contributed by atoms with Crippen LogP contribution in [-0.2, 0) is 5.41 Å². The number of aromatic nitrogens is 1. The van der Waals surface area contributed by atoms with Crippen LogP contribution in [0.4, 0.5) is 0 Å². The minimum atomic E-state index is -0.413. The van der Waals surface area contributed by atoms with E-state index in [1.165, 1.54) is 72.4 Å². The molecule has 3 aliphatic carbocycles. The summed E-state index contributed by atoms with van der Waals surface area (Å²) < 4.78 is 0. The van der Waals surface area contributed by atoms with Crippen LogP contribution in [0.1, 0.15) is 74.4 Å². The average molecular weight is 852 g/mol. The van der Waals surface area contributed by atoms with Gasteiger partial charge in [-0.1, -0.05) is 203 Å². The highest BCUT2D eigenvalue weighted by molar-refractivity contribution is 6.05. The predicted molar refractivity (Wildman–Crippen MR) is 276 cm³/mol. The van der Waals surface area contributed by atoms with E-state index in [0.717, 1.165) is 51.5 Å². The molecule has 4 aliphatic rings. The fourth-order valence-electron chi connectivity index (χ4n) is 11.6. The SMILES string of the molecule is C=C/C=C\C1=C(C)C(CC)=C(/C=C(\C)C2C=C(c3ccc(-c4cccnc4-c4cccc5c4-c4ccccc4C54c5ccccc5-c5ccccc54)cc3)NC(c3ccccc3)=N2)C1(C)C. The number of amidine groups is 1. The Balaban J connectivity index is 0.986. The summed E-state index contributed by atoms with van der Waals surface area (Å²) in [5.74, 6) is 0.868. The molecule has 0 saturated heterocycles. The van der Waals surface area contributed by atoms with Crippen molar-refractivity contribution < 1.29 is 0 Å². The van der Waals surface area contributed by atoms with Gasteiger partial charge in [0.25, 0.3) is 0 Å². The Morgan fingerprint density at radius 1 is 0.636 bits per heavy atom. The predicted octanol–water partition coefficient (Wildman–Crippen LogP) is 15.3. The van der Waals surface area contributed by atoms with Gasteiger partial charge >= 0.3 is 0 Å². The lowest BCUT2D eigenvalue weighted by Crippen LogP contribution is -2.30. The number of fused-ring (bicyclic) bond motifs is 10. The van der Waals surface area contributed by atoms with Crippen molar-refractivity contribution in [3.63, 3.8) is 0 Å². The second kappa shape index (κ2) is 16.1. The van der Waals surface area contributed by atoms with E-state index in [4.69, 9.17) is 9.98 Å². The van der Waals surface area contributed by atoms with Crippen molar-refractivity contribution in [1.29, 1.82) is 0 Å². The van der Waals surface area contributed by atoms with Crippen molar-refractivity contribution in [2.45, 2.75) is 52.5 Å². The molecule has 1 atom stereocenters. The van der Waals surface area contributed by atoms with Crippen molar-refractivity contribution in [3.8, 4) is 44.6 Å². The van der Waals surface area contributed by atoms with Gasteiger partial charge in [0.1, 0.15) is 5.84 Å². The van der Waals surface area contributed by atoms with Gasteiger partial charge in [-0.25, -0.2) is 0 Å². The number of pyridine rings is 1. The Morgan fingerprint density at radius 3 is 1.91 bits per heavy atom. The normalized spacial score (nSPS) is 17.6. The van der Waals surface area contributed by atoms with Gasteiger partial charge in [-0.15, -0.1) is 0 Å². The third kappa shape index (κ3) is 6.25. The van der Waals surface area contributed by atoms with E-state index in [0.29, 0.717) is 0 Å². The van der Waals surface area contributed by atoms with Crippen molar-refractivity contribution in [1.82, 2.24) is 10.3 Å². The highest BCUT2D eigenvalue weighted by atomic mass is 15.0. The maximum absolute atomic E-state index is 5.35. The molecule has 1 unspecified atom stereocenters. The molecular weight excluding hydrogens is 799 g/mol. The van der Waals surface area contributed by atoms with Crippen LogP contribution in [0, 0.1) is 5.41 Å². The monoisotopic (exact) mass is 851 g/mol. The van der Waals surface area contributed by atoms with Crippen molar-refractivity contribution in [2.75, 3.05) is 0 Å². The minimum absolute atomic E-state index is 0.138. The van der Waals surface area contributed by atoms with Gasteiger partial charge in [-0.05, 0) is 116 Å². The van der Waals surface area contributed by atoms with Crippen LogP contribution >= 0.6 is 0 Å². The first kappa shape index (κ1) is 41.1. The van der Waals surface area contributed by atoms with Crippen LogP contribution < -0.4 is 5.32 Å². The number of aliphatic imine (C=N–C) groups is 1. The number of nitrogens with one attached hydrogen (secondary N) is 1. The van der Waals surface area contributed by atoms with Crippen LogP contribution in [-0.4, -0.2) is 16.9 Å². The quantitative estimate of drug-likeness (QED) is 0.147. The third-order valence-electron chi connectivity index (χ3n) is 14.6. The van der Waals surface area contributed by atoms with Crippen molar-refractivity contribution in [2.24, 2.45) is 10.4 Å². The van der Waals surface area contributed by atoms with Crippen LogP contribution in [0.15, 0.2) is 234 Å². The third-order valence-corrected chi connectivity index (χ3v) is 14.6. The molecule has 0 radical (unpaired) electrons. The van der Waals surface area contributed by atoms with Gasteiger partial charge < -0.3 is 5.32 Å². The summed E-state index contributed by atoms with van der Waals surface area (Å²) in [6.45, 7) is 15.4. The summed E-state index contributed by atoms with van der Waals surface area (Å²) in [5.41, 5.74) is 24.1. The maximum atomic E-state index is 5.35. The number of allylic oxidation sites excluding steroid dienone is 8. The number of nitrogens with zero attached hydrogens (tertiary/aromatic N) is 2. The lowest BCUT2D eigenvalue weighted by Gasteiger charge is -2.30. The van der Waals surface area contributed by atoms with E-state index in [-0.39, 0.29) is 11.5 Å². The molecule has 66 heavy (non-hydrogen) atoms. The van der Waals surface area contributed by atoms with Crippen LogP contribution in [0.5, 0.6) is 0 Å². The molecule has 0 amide bonds. The number of benzene rings is 6. The zero-order valence-corrected chi connectivity index (χ0v) is 38.4. The molecule has 7 aromatic rings. The molecule has 320 valence electrons. The van der Waals surface area contributed by atoms with E-state index in [9.17, 15) is 0 Å². The summed E-state index contributed by atoms with van der Waals surface area (Å²) in [6.07, 6.45) is 13.8. The first-order valence-corrected chi connectivity index (χ1v) is 23.3. The van der Waals surface area contributed by atoms with Gasteiger partial charge in [-0.3, -0.25) is 9.98 Å². The Bertz CT molecular complexity index is 3270. The largest absolute Gasteiger partial charge is 0.340 e. The van der Waals surface area contributed by atoms with E-state index in [1.807, 2.05) is 12.3 Å². The van der Waals surface area contributed by atoms with E-state index in [2.05, 4.69) is 229 Å². The number of hydrogen-bond donors (Lipinski definition) is 1. The zero-order chi connectivity index (χ0) is 45.2. The Hall–Kier alpha value is -7.62. The minimum Gasteiger partial charge on any atom is -0.340 e. The van der Waals surface area contributed by atoms with Crippen molar-refractivity contribution >= 4 is 11.5 Å². The Kier molecular flexibility index (Phi) is 10.0. The summed E-state index contributed by atoms with van der Waals surface area (Å²) in [7, 11) is 0. The van der Waals surface area contributed by atoms with Crippen LogP contribution in [0.25, 0.3) is 50.3 Å². The number of rotatable bonds is 9. The summed E-state index contributed by atoms with van der Waals surface area (Å²) in [4.78, 5) is 10.5. The maximum Gasteiger partial charge on any atom is 0.133 e. The molecule has 6 aromatic carbocycles. The first-order chi connectivity index (χ1) is 32.2. The highest BCUT2D eigenvalue weighted by Crippen LogP contribution is 2.64. The van der Waals surface area contributed by atoms with E-state index >= 15 is 0 Å². The average Bonchev–Trinajstić information content (AvgIpc) is 3.90. The summed E-state index contributed by atoms with van der Waals surface area (Å²) in [5, 5.41) is 3.74. The standard InChI is InChI=1S/C63H53N3/c1-7-9-28-51-41(4)45(8-2)56(62(51,5)6)38-40(3)57-39-58(66-61(65-57)44-21-11-10-12-22-44)43-35-33-42(34-36-43)46-27-20-37-64-60(46)50-26-19-32-55-59(50)49-25-15-18-31-54(49)63(55)52-29-16-13-23-47(52)48-24-14-17-30-53(48)63/h7,9-39,57H,1,8H2,2-6H3,(H,65,66)/b28-9-,40-38+. The lowest BCUT2D eigenvalue weighted by atomic mass is 9.70. The molecule has 3 nitrogen and oxygen atoms in total. The van der Waals surface area contributed by atoms with Gasteiger partial charge in [-0.2, -0.15) is 0 Å². The summed E-state index contributed by atoms with van der Waals surface area (Å²) in [6, 6.07) is 57.4. The Labute approximate surface area is 389 Å². The second-order valence-corrected chi connectivity index (χ2v) is 18.5. The molecule has 0 saturated carbocycles. The molecule has 2 heterocycles. The van der Waals surface area contributed by atoms with E-state index < -0.39 is 5.41 Å². The molecule has 1 N–H and O–H groups in total. The molecule has 0 fully saturated rings. The summed E-state index contributed by atoms with van der Waals surface area (Å²) >= 11 is 0. The Morgan fingerprint density at radius 2 is 1.23 bits per heavy atom. The van der Waals surface area contributed by atoms with Crippen LogP contribution in [0.2, 0.25) is 0 Å². The first-order valence-electron chi connectivity index (χ1n) is 23.3. The van der Waals surface area contributed by atoms with Crippen LogP contribution in [0.3, 0.4) is 0 Å². The molecule has 1 aromatic heterocycles.